The van der Waals surface area contributed by atoms with Crippen LogP contribution in [0.4, 0.5) is 4.79 Å². The van der Waals surface area contributed by atoms with Crippen molar-refractivity contribution in [2.45, 2.75) is 19.6 Å². The zero-order chi connectivity index (χ0) is 16.8. The van der Waals surface area contributed by atoms with Crippen molar-refractivity contribution < 1.29 is 14.3 Å². The minimum atomic E-state index is -0.165. The van der Waals surface area contributed by atoms with Gasteiger partial charge in [0.25, 0.3) is 0 Å². The molecule has 0 radical (unpaired) electrons. The van der Waals surface area contributed by atoms with Gasteiger partial charge in [0.1, 0.15) is 6.61 Å². The zero-order valence-electron chi connectivity index (χ0n) is 13.8. The van der Waals surface area contributed by atoms with E-state index in [1.54, 1.807) is 4.90 Å². The number of para-hydroxylation sites is 2. The maximum Gasteiger partial charge on any atom is 0.317 e. The van der Waals surface area contributed by atoms with Crippen LogP contribution in [0.15, 0.2) is 54.6 Å². The maximum atomic E-state index is 12.4. The van der Waals surface area contributed by atoms with Gasteiger partial charge in [0, 0.05) is 13.1 Å². The molecule has 3 rings (SSSR count). The van der Waals surface area contributed by atoms with Crippen molar-refractivity contribution in [2.24, 2.45) is 0 Å². The second kappa shape index (κ2) is 7.73. The van der Waals surface area contributed by atoms with Gasteiger partial charge in [0.2, 0.25) is 0 Å². The van der Waals surface area contributed by atoms with E-state index in [1.165, 1.54) is 0 Å². The Hall–Kier alpha value is -2.69. The maximum absolute atomic E-state index is 12.4. The summed E-state index contributed by atoms with van der Waals surface area (Å²) < 4.78 is 11.6. The topological polar surface area (TPSA) is 50.8 Å². The number of fused-ring (bicyclic) bond motifs is 1. The molecular formula is C19H22N2O3. The number of hydrogen-bond donors (Lipinski definition) is 1. The lowest BCUT2D eigenvalue weighted by Crippen LogP contribution is -2.47. The summed E-state index contributed by atoms with van der Waals surface area (Å²) in [6.07, 6.45) is -0.165. The first kappa shape index (κ1) is 16.2. The third kappa shape index (κ3) is 3.98. The van der Waals surface area contributed by atoms with Gasteiger partial charge in [0.05, 0.1) is 6.54 Å². The lowest BCUT2D eigenvalue weighted by molar-refractivity contribution is 0.0675. The molecule has 5 nitrogen and oxygen atoms in total. The second-order valence-corrected chi connectivity index (χ2v) is 5.68. The van der Waals surface area contributed by atoms with Crippen molar-refractivity contribution in [3.63, 3.8) is 0 Å². The van der Waals surface area contributed by atoms with Gasteiger partial charge in [-0.05, 0) is 24.6 Å². The van der Waals surface area contributed by atoms with Crippen molar-refractivity contribution in [3.05, 3.63) is 60.2 Å². The number of benzene rings is 2. The molecule has 2 amide bonds. The number of ether oxygens (including phenoxy) is 2. The quantitative estimate of drug-likeness (QED) is 0.919. The summed E-state index contributed by atoms with van der Waals surface area (Å²) in [5.41, 5.74) is 1.08. The molecule has 24 heavy (non-hydrogen) atoms. The second-order valence-electron chi connectivity index (χ2n) is 5.68. The first-order valence-corrected chi connectivity index (χ1v) is 8.21. The first-order valence-electron chi connectivity index (χ1n) is 8.21. The molecule has 0 spiro atoms. The van der Waals surface area contributed by atoms with Crippen LogP contribution >= 0.6 is 0 Å². The fourth-order valence-electron chi connectivity index (χ4n) is 2.64. The van der Waals surface area contributed by atoms with E-state index in [0.29, 0.717) is 26.2 Å². The molecule has 1 N–H and O–H groups in total. The number of likely N-dealkylation sites (N-methyl/N-ethyl adjacent to an activating group) is 1. The molecule has 2 aromatic rings. The third-order valence-corrected chi connectivity index (χ3v) is 3.95. The minimum absolute atomic E-state index is 0.0937. The molecule has 0 aliphatic carbocycles. The summed E-state index contributed by atoms with van der Waals surface area (Å²) >= 11 is 0. The van der Waals surface area contributed by atoms with Gasteiger partial charge in [-0.1, -0.05) is 42.5 Å². The number of nitrogens with zero attached hydrogens (tertiary/aromatic N) is 1. The molecule has 126 valence electrons. The van der Waals surface area contributed by atoms with Crippen molar-refractivity contribution >= 4 is 6.03 Å². The van der Waals surface area contributed by atoms with E-state index < -0.39 is 0 Å². The van der Waals surface area contributed by atoms with E-state index in [2.05, 4.69) is 5.32 Å². The number of carbonyl (C=O) groups is 1. The van der Waals surface area contributed by atoms with Crippen LogP contribution < -0.4 is 14.8 Å². The largest absolute Gasteiger partial charge is 0.486 e. The Balaban J connectivity index is 1.54. The number of carbonyl (C=O) groups excluding carboxylic acids is 1. The number of rotatable bonds is 5. The molecule has 1 atom stereocenters. The third-order valence-electron chi connectivity index (χ3n) is 3.95. The highest BCUT2D eigenvalue weighted by molar-refractivity contribution is 5.74. The van der Waals surface area contributed by atoms with Crippen LogP contribution in [0.2, 0.25) is 0 Å². The summed E-state index contributed by atoms with van der Waals surface area (Å²) in [7, 11) is 0. The van der Waals surface area contributed by atoms with Crippen LogP contribution in [0.25, 0.3) is 0 Å². The molecule has 1 aliphatic rings. The Morgan fingerprint density at radius 3 is 2.58 bits per heavy atom. The zero-order valence-corrected chi connectivity index (χ0v) is 13.8. The number of hydrogen-bond acceptors (Lipinski definition) is 3. The average Bonchev–Trinajstić information content (AvgIpc) is 2.65. The van der Waals surface area contributed by atoms with E-state index in [-0.39, 0.29) is 12.1 Å². The highest BCUT2D eigenvalue weighted by Gasteiger charge is 2.24. The monoisotopic (exact) mass is 326 g/mol. The van der Waals surface area contributed by atoms with Gasteiger partial charge >= 0.3 is 6.03 Å². The van der Waals surface area contributed by atoms with E-state index in [9.17, 15) is 4.79 Å². The molecule has 5 heteroatoms. The summed E-state index contributed by atoms with van der Waals surface area (Å²) in [6.45, 7) is 4.02. The average molecular weight is 326 g/mol. The van der Waals surface area contributed by atoms with Gasteiger partial charge in [-0.25, -0.2) is 4.79 Å². The molecule has 1 heterocycles. The van der Waals surface area contributed by atoms with Crippen molar-refractivity contribution in [3.8, 4) is 11.5 Å². The normalized spacial score (nSPS) is 15.6. The summed E-state index contributed by atoms with van der Waals surface area (Å²) in [6, 6.07) is 17.4. The molecule has 0 aromatic heterocycles. The van der Waals surface area contributed by atoms with Gasteiger partial charge in [-0.3, -0.25) is 0 Å². The minimum Gasteiger partial charge on any atom is -0.486 e. The van der Waals surface area contributed by atoms with Crippen LogP contribution in [-0.2, 0) is 6.54 Å². The number of urea groups is 1. The van der Waals surface area contributed by atoms with Gasteiger partial charge in [-0.15, -0.1) is 0 Å². The van der Waals surface area contributed by atoms with E-state index in [1.807, 2.05) is 61.5 Å². The van der Waals surface area contributed by atoms with Crippen LogP contribution in [0.3, 0.4) is 0 Å². The van der Waals surface area contributed by atoms with E-state index >= 15 is 0 Å². The fraction of sp³-hybridized carbons (Fsp3) is 0.316. The van der Waals surface area contributed by atoms with Crippen LogP contribution in [0.5, 0.6) is 11.5 Å². The Kier molecular flexibility index (Phi) is 5.21. The Bertz CT molecular complexity index is 675. The molecule has 0 fully saturated rings. The standard InChI is InChI=1S/C19H22N2O3/c1-2-21(19(22)20-12-15-8-4-3-5-9-15)13-16-14-23-17-10-6-7-11-18(17)24-16/h3-11,16H,2,12-14H2,1H3,(H,20,22). The van der Waals surface area contributed by atoms with Crippen molar-refractivity contribution in [2.75, 3.05) is 19.7 Å². The highest BCUT2D eigenvalue weighted by atomic mass is 16.6. The van der Waals surface area contributed by atoms with Gasteiger partial charge in [-0.2, -0.15) is 0 Å². The molecular weight excluding hydrogens is 304 g/mol. The predicted molar refractivity (Wildman–Crippen MR) is 92.3 cm³/mol. The lowest BCUT2D eigenvalue weighted by Gasteiger charge is -2.31. The van der Waals surface area contributed by atoms with Gasteiger partial charge in [0.15, 0.2) is 17.6 Å². The molecule has 0 saturated heterocycles. The van der Waals surface area contributed by atoms with Gasteiger partial charge < -0.3 is 19.7 Å². The Morgan fingerprint density at radius 1 is 1.12 bits per heavy atom. The molecule has 1 unspecified atom stereocenters. The summed E-state index contributed by atoms with van der Waals surface area (Å²) in [4.78, 5) is 14.1. The number of nitrogens with one attached hydrogen (secondary N) is 1. The predicted octanol–water partition coefficient (Wildman–Crippen LogP) is 3.06. The lowest BCUT2D eigenvalue weighted by atomic mass is 10.2. The number of amides is 2. The fourth-order valence-corrected chi connectivity index (χ4v) is 2.64. The first-order chi connectivity index (χ1) is 11.8. The molecule has 1 aliphatic heterocycles. The van der Waals surface area contributed by atoms with Crippen LogP contribution in [-0.4, -0.2) is 36.7 Å². The van der Waals surface area contributed by atoms with Crippen LogP contribution in [0.1, 0.15) is 12.5 Å². The summed E-state index contributed by atoms with van der Waals surface area (Å²) in [5.74, 6) is 1.49. The summed E-state index contributed by atoms with van der Waals surface area (Å²) in [5, 5.41) is 2.95. The van der Waals surface area contributed by atoms with E-state index in [4.69, 9.17) is 9.47 Å². The van der Waals surface area contributed by atoms with E-state index in [0.717, 1.165) is 17.1 Å². The van der Waals surface area contributed by atoms with Crippen molar-refractivity contribution in [1.29, 1.82) is 0 Å². The molecule has 2 aromatic carbocycles. The highest BCUT2D eigenvalue weighted by Crippen LogP contribution is 2.30. The molecule has 0 bridgehead atoms. The van der Waals surface area contributed by atoms with Crippen LogP contribution in [0, 0.1) is 0 Å². The Labute approximate surface area is 142 Å². The van der Waals surface area contributed by atoms with Crippen molar-refractivity contribution in [1.82, 2.24) is 10.2 Å². The Morgan fingerprint density at radius 2 is 1.83 bits per heavy atom. The SMILES string of the molecule is CCN(CC1COc2ccccc2O1)C(=O)NCc1ccccc1. The molecule has 0 saturated carbocycles. The smallest absolute Gasteiger partial charge is 0.317 e.